The fourth-order valence-corrected chi connectivity index (χ4v) is 3.77. The van der Waals surface area contributed by atoms with Gasteiger partial charge in [0.1, 0.15) is 16.5 Å². The van der Waals surface area contributed by atoms with Gasteiger partial charge in [0.25, 0.3) is 0 Å². The number of rotatable bonds is 3. The molecule has 7 heteroatoms. The van der Waals surface area contributed by atoms with Crippen LogP contribution in [0.5, 0.6) is 0 Å². The number of carbonyl (C=O) groups excluding carboxylic acids is 1. The van der Waals surface area contributed by atoms with Crippen LogP contribution in [0.1, 0.15) is 25.0 Å². The third-order valence-corrected chi connectivity index (χ3v) is 5.55. The number of ketones is 1. The lowest BCUT2D eigenvalue weighted by Gasteiger charge is -2.18. The van der Waals surface area contributed by atoms with Crippen LogP contribution < -0.4 is 0 Å². The van der Waals surface area contributed by atoms with Gasteiger partial charge in [-0.05, 0) is 38.1 Å². The molecular weight excluding hydrogens is 379 g/mol. The molecule has 0 radical (unpaired) electrons. The van der Waals surface area contributed by atoms with Gasteiger partial charge in [0.15, 0.2) is 15.4 Å². The molecule has 2 aromatic rings. The van der Waals surface area contributed by atoms with Crippen LogP contribution in [0.4, 0.5) is 4.39 Å². The number of benzene rings is 2. The first-order chi connectivity index (χ1) is 12.0. The molecule has 0 aromatic heterocycles. The maximum absolute atomic E-state index is 14.3. The summed E-state index contributed by atoms with van der Waals surface area (Å²) >= 11 is 6.24. The summed E-state index contributed by atoms with van der Waals surface area (Å²) in [7, 11) is -3.70. The van der Waals surface area contributed by atoms with E-state index in [0.29, 0.717) is 10.6 Å². The van der Waals surface area contributed by atoms with Gasteiger partial charge in [-0.25, -0.2) is 12.8 Å². The summed E-state index contributed by atoms with van der Waals surface area (Å²) in [5.41, 5.74) is -0.154. The van der Waals surface area contributed by atoms with Gasteiger partial charge < -0.3 is 4.74 Å². The van der Waals surface area contributed by atoms with E-state index in [1.165, 1.54) is 6.07 Å². The van der Waals surface area contributed by atoms with Crippen molar-refractivity contribution in [1.29, 1.82) is 0 Å². The zero-order valence-corrected chi connectivity index (χ0v) is 15.9. The molecule has 0 fully saturated rings. The van der Waals surface area contributed by atoms with Gasteiger partial charge in [0.05, 0.1) is 5.57 Å². The quantitative estimate of drug-likeness (QED) is 0.785. The molecule has 0 saturated heterocycles. The summed E-state index contributed by atoms with van der Waals surface area (Å²) in [6.07, 6.45) is 0.929. The third kappa shape index (κ3) is 3.15. The van der Waals surface area contributed by atoms with Crippen LogP contribution in [0.2, 0.25) is 5.02 Å². The zero-order chi connectivity index (χ0) is 19.3. The van der Waals surface area contributed by atoms with Crippen molar-refractivity contribution in [1.82, 2.24) is 0 Å². The summed E-state index contributed by atoms with van der Waals surface area (Å²) < 4.78 is 43.4. The summed E-state index contributed by atoms with van der Waals surface area (Å²) in [5.74, 6) is -1.02. The molecule has 3 rings (SSSR count). The molecule has 4 nitrogen and oxygen atoms in total. The van der Waals surface area contributed by atoms with Crippen molar-refractivity contribution in [3.05, 3.63) is 64.4 Å². The third-order valence-electron chi connectivity index (χ3n) is 4.09. The second-order valence-corrected chi connectivity index (χ2v) is 8.93. The lowest BCUT2D eigenvalue weighted by atomic mass is 9.92. The topological polar surface area (TPSA) is 60.4 Å². The molecular formula is C19H16ClFO4S. The molecule has 0 spiro atoms. The van der Waals surface area contributed by atoms with Gasteiger partial charge in [-0.1, -0.05) is 29.8 Å². The average Bonchev–Trinajstić information content (AvgIpc) is 2.77. The van der Waals surface area contributed by atoms with Gasteiger partial charge in [0, 0.05) is 22.4 Å². The molecule has 0 atom stereocenters. The Morgan fingerprint density at radius 1 is 1.12 bits per heavy atom. The standard InChI is InChI=1S/C19H16ClFO4S/c1-19(2)18(22)16(12-6-4-5-7-13(12)20)17(25-19)11-8-9-15(14(21)10-11)26(3,23)24/h4-10H,1-3H3. The molecule has 1 aliphatic heterocycles. The van der Waals surface area contributed by atoms with Crippen molar-refractivity contribution >= 4 is 38.6 Å². The van der Waals surface area contributed by atoms with Gasteiger partial charge in [-0.2, -0.15) is 0 Å². The maximum Gasteiger partial charge on any atom is 0.210 e. The highest BCUT2D eigenvalue weighted by Crippen LogP contribution is 2.43. The van der Waals surface area contributed by atoms with Crippen molar-refractivity contribution < 1.29 is 22.3 Å². The molecule has 0 N–H and O–H groups in total. The van der Waals surface area contributed by atoms with E-state index in [9.17, 15) is 17.6 Å². The van der Waals surface area contributed by atoms with Crippen LogP contribution in [-0.2, 0) is 19.4 Å². The first-order valence-electron chi connectivity index (χ1n) is 7.75. The normalized spacial score (nSPS) is 16.7. The van der Waals surface area contributed by atoms with E-state index >= 15 is 0 Å². The molecule has 26 heavy (non-hydrogen) atoms. The van der Waals surface area contributed by atoms with Gasteiger partial charge in [-0.3, -0.25) is 4.79 Å². The molecule has 0 aliphatic carbocycles. The Kier molecular flexibility index (Phi) is 4.45. The van der Waals surface area contributed by atoms with Crippen LogP contribution in [0.25, 0.3) is 11.3 Å². The number of hydrogen-bond donors (Lipinski definition) is 0. The molecule has 0 amide bonds. The SMILES string of the molecule is CC1(C)OC(c2ccc(S(C)(=O)=O)c(F)c2)=C(c2ccccc2Cl)C1=O. The van der Waals surface area contributed by atoms with Crippen molar-refractivity contribution in [2.75, 3.05) is 6.26 Å². The van der Waals surface area contributed by atoms with Crippen LogP contribution >= 0.6 is 11.6 Å². The van der Waals surface area contributed by atoms with Gasteiger partial charge >= 0.3 is 0 Å². The molecule has 0 bridgehead atoms. The monoisotopic (exact) mass is 394 g/mol. The summed E-state index contributed by atoms with van der Waals surface area (Å²) in [5, 5.41) is 0.364. The highest BCUT2D eigenvalue weighted by atomic mass is 35.5. The predicted octanol–water partition coefficient (Wildman–Crippen LogP) is 4.13. The van der Waals surface area contributed by atoms with Crippen LogP contribution in [0.15, 0.2) is 47.4 Å². The maximum atomic E-state index is 14.3. The van der Waals surface area contributed by atoms with E-state index in [1.807, 2.05) is 0 Å². The minimum Gasteiger partial charge on any atom is -0.478 e. The van der Waals surface area contributed by atoms with Crippen LogP contribution in [0.3, 0.4) is 0 Å². The molecule has 136 valence electrons. The first-order valence-corrected chi connectivity index (χ1v) is 10.0. The van der Waals surface area contributed by atoms with Gasteiger partial charge in [0.2, 0.25) is 5.78 Å². The number of carbonyl (C=O) groups is 1. The van der Waals surface area contributed by atoms with Crippen molar-refractivity contribution in [2.24, 2.45) is 0 Å². The lowest BCUT2D eigenvalue weighted by Crippen LogP contribution is -2.29. The summed E-state index contributed by atoms with van der Waals surface area (Å²) in [6, 6.07) is 10.4. The summed E-state index contributed by atoms with van der Waals surface area (Å²) in [4.78, 5) is 12.4. The highest BCUT2D eigenvalue weighted by Gasteiger charge is 2.43. The molecule has 1 heterocycles. The smallest absolute Gasteiger partial charge is 0.210 e. The number of sulfone groups is 1. The Morgan fingerprint density at radius 2 is 1.77 bits per heavy atom. The van der Waals surface area contributed by atoms with E-state index < -0.39 is 26.2 Å². The second-order valence-electron chi connectivity index (χ2n) is 6.54. The fourth-order valence-electron chi connectivity index (χ4n) is 2.81. The Morgan fingerprint density at radius 3 is 2.35 bits per heavy atom. The van der Waals surface area contributed by atoms with Crippen molar-refractivity contribution in [2.45, 2.75) is 24.3 Å². The Hall–Kier alpha value is -2.18. The Bertz CT molecular complexity index is 1050. The number of Topliss-reactive ketones (excluding diaryl/α,β-unsaturated/α-hetero) is 1. The molecule has 0 unspecified atom stereocenters. The molecule has 2 aromatic carbocycles. The Balaban J connectivity index is 2.25. The fraction of sp³-hybridized carbons (Fsp3) is 0.211. The van der Waals surface area contributed by atoms with E-state index in [4.69, 9.17) is 16.3 Å². The Labute approximate surface area is 156 Å². The number of ether oxygens (including phenoxy) is 1. The van der Waals surface area contributed by atoms with Crippen LogP contribution in [0, 0.1) is 5.82 Å². The van der Waals surface area contributed by atoms with E-state index in [-0.39, 0.29) is 22.7 Å². The molecule has 1 aliphatic rings. The highest BCUT2D eigenvalue weighted by molar-refractivity contribution is 7.90. The minimum absolute atomic E-state index is 0.173. The van der Waals surface area contributed by atoms with E-state index in [2.05, 4.69) is 0 Å². The lowest BCUT2D eigenvalue weighted by molar-refractivity contribution is -0.125. The average molecular weight is 395 g/mol. The zero-order valence-electron chi connectivity index (χ0n) is 14.3. The second kappa shape index (κ2) is 6.21. The summed E-state index contributed by atoms with van der Waals surface area (Å²) in [6.45, 7) is 3.22. The van der Waals surface area contributed by atoms with Crippen molar-refractivity contribution in [3.63, 3.8) is 0 Å². The minimum atomic E-state index is -3.70. The molecule has 0 saturated carbocycles. The van der Waals surface area contributed by atoms with E-state index in [1.54, 1.807) is 38.1 Å². The predicted molar refractivity (Wildman–Crippen MR) is 97.9 cm³/mol. The number of halogens is 2. The first kappa shape index (κ1) is 18.6. The number of hydrogen-bond acceptors (Lipinski definition) is 4. The largest absolute Gasteiger partial charge is 0.478 e. The van der Waals surface area contributed by atoms with E-state index in [0.717, 1.165) is 18.4 Å². The van der Waals surface area contributed by atoms with Crippen molar-refractivity contribution in [3.8, 4) is 0 Å². The van der Waals surface area contributed by atoms with Crippen LogP contribution in [-0.4, -0.2) is 26.1 Å². The van der Waals surface area contributed by atoms with Gasteiger partial charge in [-0.15, -0.1) is 0 Å².